The van der Waals surface area contributed by atoms with E-state index in [1.807, 2.05) is 0 Å². The SMILES string of the molecule is COC(=O)c1nc(N)n(C)n1.Cl. The monoisotopic (exact) mass is 192 g/mol. The van der Waals surface area contributed by atoms with Crippen molar-refractivity contribution in [3.8, 4) is 0 Å². The van der Waals surface area contributed by atoms with Gasteiger partial charge in [-0.1, -0.05) is 0 Å². The fourth-order valence-corrected chi connectivity index (χ4v) is 0.574. The molecule has 0 aliphatic heterocycles. The predicted octanol–water partition coefficient (Wildman–Crippen LogP) is -0.394. The van der Waals surface area contributed by atoms with E-state index >= 15 is 0 Å². The molecule has 0 atom stereocenters. The second kappa shape index (κ2) is 3.91. The van der Waals surface area contributed by atoms with Crippen molar-refractivity contribution in [3.63, 3.8) is 0 Å². The molecule has 0 amide bonds. The molecule has 1 aromatic heterocycles. The van der Waals surface area contributed by atoms with E-state index in [2.05, 4.69) is 14.8 Å². The van der Waals surface area contributed by atoms with E-state index < -0.39 is 5.97 Å². The molecule has 0 fully saturated rings. The van der Waals surface area contributed by atoms with Gasteiger partial charge < -0.3 is 10.5 Å². The van der Waals surface area contributed by atoms with Crippen LogP contribution in [0.4, 0.5) is 5.95 Å². The molecule has 1 rings (SSSR count). The molecule has 1 heterocycles. The first-order valence-corrected chi connectivity index (χ1v) is 2.90. The zero-order valence-electron chi connectivity index (χ0n) is 6.64. The highest BCUT2D eigenvalue weighted by Crippen LogP contribution is 1.97. The first kappa shape index (κ1) is 10.7. The third-order valence-electron chi connectivity index (χ3n) is 1.16. The van der Waals surface area contributed by atoms with Crippen LogP contribution in [0.5, 0.6) is 0 Å². The Kier molecular flexibility index (Phi) is 3.49. The molecule has 0 spiro atoms. The lowest BCUT2D eigenvalue weighted by Gasteiger charge is -1.88. The van der Waals surface area contributed by atoms with E-state index in [0.29, 0.717) is 0 Å². The lowest BCUT2D eigenvalue weighted by atomic mass is 10.6. The van der Waals surface area contributed by atoms with Gasteiger partial charge in [0, 0.05) is 7.05 Å². The molecule has 7 heteroatoms. The third kappa shape index (κ3) is 1.85. The quantitative estimate of drug-likeness (QED) is 0.613. The highest BCUT2D eigenvalue weighted by Gasteiger charge is 2.12. The van der Waals surface area contributed by atoms with E-state index in [-0.39, 0.29) is 24.2 Å². The number of aryl methyl sites for hydroxylation is 1. The number of rotatable bonds is 1. The van der Waals surface area contributed by atoms with Crippen LogP contribution < -0.4 is 5.73 Å². The van der Waals surface area contributed by atoms with Crippen LogP contribution >= 0.6 is 12.4 Å². The number of nitrogens with two attached hydrogens (primary N) is 1. The number of nitrogen functional groups attached to an aromatic ring is 1. The largest absolute Gasteiger partial charge is 0.463 e. The highest BCUT2D eigenvalue weighted by molar-refractivity contribution is 5.85. The van der Waals surface area contributed by atoms with Gasteiger partial charge in [-0.3, -0.25) is 0 Å². The number of aromatic nitrogens is 3. The van der Waals surface area contributed by atoms with Gasteiger partial charge >= 0.3 is 5.97 Å². The number of ether oxygens (including phenoxy) is 1. The average Bonchev–Trinajstić information content (AvgIpc) is 2.31. The minimum absolute atomic E-state index is 0. The average molecular weight is 193 g/mol. The molecule has 68 valence electrons. The molecule has 0 aromatic carbocycles. The third-order valence-corrected chi connectivity index (χ3v) is 1.16. The van der Waals surface area contributed by atoms with Crippen molar-refractivity contribution in [1.82, 2.24) is 14.8 Å². The molecule has 0 aliphatic rings. The van der Waals surface area contributed by atoms with Gasteiger partial charge in [0.1, 0.15) is 0 Å². The van der Waals surface area contributed by atoms with E-state index in [0.717, 1.165) is 0 Å². The van der Waals surface area contributed by atoms with Crippen molar-refractivity contribution < 1.29 is 9.53 Å². The van der Waals surface area contributed by atoms with Gasteiger partial charge in [0.25, 0.3) is 5.82 Å². The van der Waals surface area contributed by atoms with Gasteiger partial charge in [0.2, 0.25) is 5.95 Å². The highest BCUT2D eigenvalue weighted by atomic mass is 35.5. The Morgan fingerprint density at radius 3 is 2.58 bits per heavy atom. The molecule has 0 radical (unpaired) electrons. The second-order valence-corrected chi connectivity index (χ2v) is 1.91. The maximum atomic E-state index is 10.8. The number of hydrogen-bond donors (Lipinski definition) is 1. The molecule has 1 aromatic rings. The van der Waals surface area contributed by atoms with Crippen molar-refractivity contribution in [2.45, 2.75) is 0 Å². The summed E-state index contributed by atoms with van der Waals surface area (Å²) in [5, 5.41) is 3.69. The minimum atomic E-state index is -0.586. The number of anilines is 1. The molecule has 12 heavy (non-hydrogen) atoms. The molecule has 6 nitrogen and oxygen atoms in total. The predicted molar refractivity (Wildman–Crippen MR) is 44.0 cm³/mol. The zero-order valence-corrected chi connectivity index (χ0v) is 7.46. The van der Waals surface area contributed by atoms with E-state index in [1.54, 1.807) is 7.05 Å². The molecule has 0 aliphatic carbocycles. The van der Waals surface area contributed by atoms with E-state index in [1.165, 1.54) is 11.8 Å². The number of carbonyl (C=O) groups excluding carboxylic acids is 1. The lowest BCUT2D eigenvalue weighted by molar-refractivity contribution is 0.0586. The van der Waals surface area contributed by atoms with Crippen LogP contribution in [0.15, 0.2) is 0 Å². The van der Waals surface area contributed by atoms with E-state index in [4.69, 9.17) is 5.73 Å². The topological polar surface area (TPSA) is 83.0 Å². The summed E-state index contributed by atoms with van der Waals surface area (Å²) in [7, 11) is 2.85. The van der Waals surface area contributed by atoms with Crippen molar-refractivity contribution in [2.24, 2.45) is 7.05 Å². The molecule has 0 bridgehead atoms. The van der Waals surface area contributed by atoms with Crippen LogP contribution in [-0.4, -0.2) is 27.8 Å². The van der Waals surface area contributed by atoms with E-state index in [9.17, 15) is 4.79 Å². The normalized spacial score (nSPS) is 8.83. The maximum Gasteiger partial charge on any atom is 0.378 e. The van der Waals surface area contributed by atoms with Gasteiger partial charge in [-0.15, -0.1) is 17.5 Å². The van der Waals surface area contributed by atoms with Crippen LogP contribution in [-0.2, 0) is 11.8 Å². The minimum Gasteiger partial charge on any atom is -0.463 e. The Balaban J connectivity index is 0.00000121. The standard InChI is InChI=1S/C5H8N4O2.ClH/c1-9-5(6)7-3(8-9)4(10)11-2;/h1-2H3,(H2,6,7,8);1H. The van der Waals surface area contributed by atoms with Gasteiger partial charge in [0.15, 0.2) is 0 Å². The Morgan fingerprint density at radius 1 is 1.67 bits per heavy atom. The van der Waals surface area contributed by atoms with Gasteiger partial charge in [-0.05, 0) is 0 Å². The van der Waals surface area contributed by atoms with Crippen molar-refractivity contribution in [2.75, 3.05) is 12.8 Å². The van der Waals surface area contributed by atoms with Crippen LogP contribution in [0.1, 0.15) is 10.6 Å². The molecular formula is C5H9ClN4O2. The van der Waals surface area contributed by atoms with Gasteiger partial charge in [-0.25, -0.2) is 9.48 Å². The first-order chi connectivity index (χ1) is 5.15. The summed E-state index contributed by atoms with van der Waals surface area (Å²) in [4.78, 5) is 14.4. The number of nitrogens with zero attached hydrogens (tertiary/aromatic N) is 3. The summed E-state index contributed by atoms with van der Waals surface area (Å²) in [5.74, 6) is -0.421. The lowest BCUT2D eigenvalue weighted by Crippen LogP contribution is -2.04. The zero-order chi connectivity index (χ0) is 8.43. The van der Waals surface area contributed by atoms with Crippen LogP contribution in [0.2, 0.25) is 0 Å². The van der Waals surface area contributed by atoms with Crippen LogP contribution in [0.25, 0.3) is 0 Å². The molecule has 0 unspecified atom stereocenters. The second-order valence-electron chi connectivity index (χ2n) is 1.91. The van der Waals surface area contributed by atoms with Gasteiger partial charge in [0.05, 0.1) is 7.11 Å². The summed E-state index contributed by atoms with van der Waals surface area (Å²) in [5.41, 5.74) is 5.31. The summed E-state index contributed by atoms with van der Waals surface area (Å²) >= 11 is 0. The fourth-order valence-electron chi connectivity index (χ4n) is 0.574. The fraction of sp³-hybridized carbons (Fsp3) is 0.400. The van der Waals surface area contributed by atoms with Crippen molar-refractivity contribution >= 4 is 24.3 Å². The van der Waals surface area contributed by atoms with Crippen LogP contribution in [0.3, 0.4) is 0 Å². The van der Waals surface area contributed by atoms with Crippen molar-refractivity contribution in [3.05, 3.63) is 5.82 Å². The number of esters is 1. The smallest absolute Gasteiger partial charge is 0.378 e. The Morgan fingerprint density at radius 2 is 2.25 bits per heavy atom. The number of methoxy groups -OCH3 is 1. The summed E-state index contributed by atoms with van der Waals surface area (Å²) in [6, 6.07) is 0. The first-order valence-electron chi connectivity index (χ1n) is 2.90. The summed E-state index contributed by atoms with van der Waals surface area (Å²) < 4.78 is 5.67. The summed E-state index contributed by atoms with van der Waals surface area (Å²) in [6.07, 6.45) is 0. The van der Waals surface area contributed by atoms with Gasteiger partial charge in [-0.2, -0.15) is 4.98 Å². The number of halogens is 1. The Bertz CT molecular complexity index is 265. The molecule has 2 N–H and O–H groups in total. The molecule has 0 saturated heterocycles. The molecule has 0 saturated carbocycles. The Labute approximate surface area is 75.1 Å². The van der Waals surface area contributed by atoms with Crippen molar-refractivity contribution in [1.29, 1.82) is 0 Å². The van der Waals surface area contributed by atoms with Crippen LogP contribution in [0, 0.1) is 0 Å². The Hall–Kier alpha value is -1.30. The summed E-state index contributed by atoms with van der Waals surface area (Å²) in [6.45, 7) is 0. The number of hydrogen-bond acceptors (Lipinski definition) is 5. The molecular weight excluding hydrogens is 184 g/mol. The maximum absolute atomic E-state index is 10.8. The number of carbonyl (C=O) groups is 1.